The maximum absolute atomic E-state index is 12.6. The number of nitrogens with zero attached hydrogens (tertiary/aromatic N) is 6. The molecule has 8 rings (SSSR count). The molecule has 0 saturated carbocycles. The third kappa shape index (κ3) is 16.0. The zero-order valence-corrected chi connectivity index (χ0v) is 44.7. The van der Waals surface area contributed by atoms with Crippen molar-refractivity contribution in [2.24, 2.45) is 0 Å². The predicted octanol–water partition coefficient (Wildman–Crippen LogP) is 8.53. The summed E-state index contributed by atoms with van der Waals surface area (Å²) in [6, 6.07) is 28.8. The van der Waals surface area contributed by atoms with E-state index in [-0.39, 0.29) is 18.3 Å². The van der Waals surface area contributed by atoms with Crippen molar-refractivity contribution in [3.63, 3.8) is 0 Å². The number of rotatable bonds is 26. The molecule has 0 aliphatic rings. The van der Waals surface area contributed by atoms with E-state index in [0.717, 1.165) is 131 Å². The summed E-state index contributed by atoms with van der Waals surface area (Å²) in [4.78, 5) is 49.9. The van der Waals surface area contributed by atoms with E-state index in [2.05, 4.69) is 128 Å². The number of fused-ring (bicyclic) bond motifs is 6. The zero-order chi connectivity index (χ0) is 52.0. The van der Waals surface area contributed by atoms with Gasteiger partial charge >= 0.3 is 0 Å². The molecule has 0 spiro atoms. The van der Waals surface area contributed by atoms with Gasteiger partial charge in [0.1, 0.15) is 0 Å². The molecule has 0 aliphatic heterocycles. The van der Waals surface area contributed by atoms with Crippen molar-refractivity contribution >= 4 is 71.3 Å². The average molecular weight is 1030 g/mol. The first-order valence-corrected chi connectivity index (χ1v) is 26.8. The van der Waals surface area contributed by atoms with Gasteiger partial charge in [-0.3, -0.25) is 23.2 Å². The number of ether oxygens (including phenoxy) is 2. The fraction of sp³-hybridized carbons (Fsp3) is 0.400. The summed E-state index contributed by atoms with van der Waals surface area (Å²) < 4.78 is 16.5. The van der Waals surface area contributed by atoms with Crippen LogP contribution in [0.15, 0.2) is 97.3 Å². The Kier molecular flexibility index (Phi) is 22.8. The molecule has 8 aromatic rings. The fourth-order valence-corrected chi connectivity index (χ4v) is 10.4. The molecule has 0 unspecified atom stereocenters. The number of hydrogen-bond acceptors (Lipinski definition) is 13. The third-order valence-electron chi connectivity index (χ3n) is 12.5. The molecule has 390 valence electrons. The number of thiazole rings is 2. The molecule has 73 heavy (non-hydrogen) atoms. The van der Waals surface area contributed by atoms with Crippen LogP contribution in [-0.2, 0) is 27.4 Å². The van der Waals surface area contributed by atoms with Crippen LogP contribution in [-0.4, -0.2) is 145 Å². The van der Waals surface area contributed by atoms with Gasteiger partial charge in [0.15, 0.2) is 9.92 Å². The Morgan fingerprint density at radius 2 is 0.986 bits per heavy atom. The van der Waals surface area contributed by atoms with Gasteiger partial charge in [-0.05, 0) is 99.6 Å². The van der Waals surface area contributed by atoms with E-state index in [9.17, 15) is 9.59 Å². The molecule has 0 aliphatic carbocycles. The lowest BCUT2D eigenvalue weighted by Gasteiger charge is -2.17. The van der Waals surface area contributed by atoms with Gasteiger partial charge in [0.25, 0.3) is 18.3 Å². The van der Waals surface area contributed by atoms with Crippen LogP contribution in [0, 0.1) is 0 Å². The molecule has 4 aromatic carbocycles. The minimum absolute atomic E-state index is 0.0185. The quantitative estimate of drug-likeness (QED) is 0.0258. The van der Waals surface area contributed by atoms with E-state index in [1.54, 1.807) is 36.9 Å². The van der Waals surface area contributed by atoms with Gasteiger partial charge in [-0.25, -0.2) is 9.97 Å². The molecule has 16 nitrogen and oxygen atoms in total. The van der Waals surface area contributed by atoms with Crippen LogP contribution in [0.2, 0.25) is 0 Å². The molecular formula is C55H72N10O6S2. The molecular weight excluding hydrogens is 961 g/mol. The smallest absolute Gasteiger partial charge is 0.290 e. The average Bonchev–Trinajstić information content (AvgIpc) is 4.19. The van der Waals surface area contributed by atoms with E-state index in [1.165, 1.54) is 11.1 Å². The Hall–Kier alpha value is -6.09. The van der Waals surface area contributed by atoms with E-state index in [0.29, 0.717) is 37.4 Å². The lowest BCUT2D eigenvalue weighted by molar-refractivity contribution is -0.122. The van der Waals surface area contributed by atoms with E-state index in [4.69, 9.17) is 29.3 Å². The number of nitrogens with one attached hydrogen (secondary N) is 4. The van der Waals surface area contributed by atoms with Crippen molar-refractivity contribution < 1.29 is 29.0 Å². The van der Waals surface area contributed by atoms with Crippen molar-refractivity contribution in [2.45, 2.75) is 53.6 Å². The van der Waals surface area contributed by atoms with Crippen LogP contribution < -0.4 is 21.3 Å². The Bertz CT molecular complexity index is 2740. The number of benzene rings is 4. The van der Waals surface area contributed by atoms with Gasteiger partial charge in [0.05, 0.1) is 45.0 Å². The van der Waals surface area contributed by atoms with Crippen LogP contribution in [0.4, 0.5) is 0 Å². The highest BCUT2D eigenvalue weighted by atomic mass is 32.1. The van der Waals surface area contributed by atoms with Gasteiger partial charge in [0.2, 0.25) is 0 Å². The number of imidazole rings is 2. The Balaban J connectivity index is 0.000000226. The molecule has 2 amide bonds. The molecule has 0 fully saturated rings. The number of carboxylic acid groups (broad SMARTS) is 1. The number of carbonyl (C=O) groups is 3. The monoisotopic (exact) mass is 1030 g/mol. The molecule has 18 heteroatoms. The topological polar surface area (TPSA) is 179 Å². The number of amides is 2. The van der Waals surface area contributed by atoms with Crippen LogP contribution in [0.5, 0.6) is 0 Å². The number of aromatic nitrogens is 4. The lowest BCUT2D eigenvalue weighted by Crippen LogP contribution is -2.29. The highest BCUT2D eigenvalue weighted by molar-refractivity contribution is 7.24. The largest absolute Gasteiger partial charge is 0.483 e. The van der Waals surface area contributed by atoms with E-state index in [1.807, 2.05) is 36.4 Å². The molecule has 5 N–H and O–H groups in total. The van der Waals surface area contributed by atoms with Crippen molar-refractivity contribution in [3.05, 3.63) is 120 Å². The van der Waals surface area contributed by atoms with Crippen molar-refractivity contribution in [1.82, 2.24) is 49.8 Å². The summed E-state index contributed by atoms with van der Waals surface area (Å²) in [5.41, 5.74) is 10.1. The normalized spacial score (nSPS) is 11.3. The Morgan fingerprint density at radius 1 is 0.603 bits per heavy atom. The fourth-order valence-electron chi connectivity index (χ4n) is 8.26. The lowest BCUT2D eigenvalue weighted by atomic mass is 10.1. The summed E-state index contributed by atoms with van der Waals surface area (Å²) >= 11 is 3.22. The summed E-state index contributed by atoms with van der Waals surface area (Å²) in [5, 5.41) is 19.7. The minimum Gasteiger partial charge on any atom is -0.483 e. The highest BCUT2D eigenvalue weighted by Gasteiger charge is 2.16. The van der Waals surface area contributed by atoms with E-state index < -0.39 is 0 Å². The second-order valence-corrected chi connectivity index (χ2v) is 19.3. The molecule has 0 bridgehead atoms. The van der Waals surface area contributed by atoms with Crippen LogP contribution >= 0.6 is 22.7 Å². The highest BCUT2D eigenvalue weighted by Crippen LogP contribution is 2.32. The molecule has 4 aromatic heterocycles. The number of methoxy groups -OCH3 is 2. The maximum atomic E-state index is 12.6. The van der Waals surface area contributed by atoms with Gasteiger partial charge in [-0.15, -0.1) is 0 Å². The van der Waals surface area contributed by atoms with Crippen molar-refractivity contribution in [3.8, 4) is 22.5 Å². The third-order valence-corrected chi connectivity index (χ3v) is 14.5. The first-order chi connectivity index (χ1) is 35.7. The van der Waals surface area contributed by atoms with Crippen LogP contribution in [0.3, 0.4) is 0 Å². The number of hydrogen-bond donors (Lipinski definition) is 5. The van der Waals surface area contributed by atoms with Crippen LogP contribution in [0.1, 0.15) is 72.4 Å². The predicted molar refractivity (Wildman–Crippen MR) is 297 cm³/mol. The second-order valence-electron chi connectivity index (χ2n) is 17.2. The van der Waals surface area contributed by atoms with Crippen molar-refractivity contribution in [2.75, 3.05) is 92.9 Å². The summed E-state index contributed by atoms with van der Waals surface area (Å²) in [7, 11) is 3.42. The SMILES string of the molecule is CCN(CC)CCCNC(=O)c1ccc2c(c1)sc1nc(-c3ccc(CNCCOC)cc3)cn12.CCN(CC)CCCNC(=O)c1ccc2c(c1)sc1nc(-c3ccc(CNCCOC)cc3)cn12.O=CO. The Morgan fingerprint density at radius 3 is 1.34 bits per heavy atom. The number of carbonyl (C=O) groups excluding carboxylic acids is 2. The minimum atomic E-state index is -0.250. The van der Waals surface area contributed by atoms with Gasteiger partial charge in [-0.2, -0.15) is 0 Å². The first kappa shape index (κ1) is 56.2. The summed E-state index contributed by atoms with van der Waals surface area (Å²) in [6.45, 7) is 20.7. The second kappa shape index (κ2) is 29.6. The first-order valence-electron chi connectivity index (χ1n) is 25.2. The van der Waals surface area contributed by atoms with Gasteiger partial charge in [0, 0.05) is 88.1 Å². The van der Waals surface area contributed by atoms with Gasteiger partial charge < -0.3 is 45.6 Å². The zero-order valence-electron chi connectivity index (χ0n) is 43.1. The molecule has 0 atom stereocenters. The maximum Gasteiger partial charge on any atom is 0.290 e. The summed E-state index contributed by atoms with van der Waals surface area (Å²) in [6.07, 6.45) is 6.06. The van der Waals surface area contributed by atoms with E-state index >= 15 is 0 Å². The summed E-state index contributed by atoms with van der Waals surface area (Å²) in [5.74, 6) is -0.0371. The van der Waals surface area contributed by atoms with Gasteiger partial charge in [-0.1, -0.05) is 98.9 Å². The Labute approximate surface area is 436 Å². The molecule has 0 saturated heterocycles. The van der Waals surface area contributed by atoms with Crippen molar-refractivity contribution in [1.29, 1.82) is 0 Å². The van der Waals surface area contributed by atoms with Crippen LogP contribution in [0.25, 0.3) is 52.9 Å². The molecule has 4 heterocycles. The standard InChI is InChI=1S/2C27H35N5O2S.CH2O2/c2*1-4-31(5-2)15-6-13-29-26(33)22-11-12-24-25(17-22)35-27-30-23(19-32(24)27)21-9-7-20(8-10-21)18-28-14-16-34-3;2-1-3/h2*7-12,17,19,28H,4-6,13-16,18H2,1-3H3,(H,29,33);1H,(H,2,3). The molecule has 0 radical (unpaired) electrons.